The third-order valence-corrected chi connectivity index (χ3v) is 7.61. The van der Waals surface area contributed by atoms with Crippen LogP contribution in [0, 0.1) is 23.2 Å². The molecule has 4 saturated carbocycles. The lowest BCUT2D eigenvalue weighted by atomic mass is 9.48. The Balaban J connectivity index is 1.43. The summed E-state index contributed by atoms with van der Waals surface area (Å²) >= 11 is 5.27. The molecule has 1 aromatic heterocycles. The number of hydrogen-bond acceptors (Lipinski definition) is 2. The lowest BCUT2D eigenvalue weighted by Gasteiger charge is -2.57. The van der Waals surface area contributed by atoms with Gasteiger partial charge in [0.25, 0.3) is 0 Å². The molecule has 110 valence electrons. The lowest BCUT2D eigenvalue weighted by molar-refractivity contribution is -0.0755. The van der Waals surface area contributed by atoms with Crippen LogP contribution >= 0.6 is 27.3 Å². The fourth-order valence-electron chi connectivity index (χ4n) is 5.81. The summed E-state index contributed by atoms with van der Waals surface area (Å²) in [6, 6.07) is 2.16. The molecule has 1 nitrogen and oxygen atoms in total. The van der Waals surface area contributed by atoms with E-state index in [1.807, 2.05) is 0 Å². The summed E-state index contributed by atoms with van der Waals surface area (Å²) < 4.78 is 1.15. The van der Waals surface area contributed by atoms with E-state index in [1.54, 1.807) is 11.3 Å². The zero-order valence-electron chi connectivity index (χ0n) is 11.9. The summed E-state index contributed by atoms with van der Waals surface area (Å²) in [5.41, 5.74) is 0.503. The third-order valence-electron chi connectivity index (χ3n) is 5.89. The normalized spacial score (nSPS) is 40.2. The second-order valence-corrected chi connectivity index (χ2v) is 9.62. The van der Waals surface area contributed by atoms with Crippen LogP contribution in [0.1, 0.15) is 49.8 Å². The molecule has 1 unspecified atom stereocenters. The van der Waals surface area contributed by atoms with Gasteiger partial charge in [0, 0.05) is 21.2 Å². The number of aliphatic hydroxyl groups excluding tert-OH is 1. The van der Waals surface area contributed by atoms with Crippen LogP contribution in [0.5, 0.6) is 0 Å². The summed E-state index contributed by atoms with van der Waals surface area (Å²) in [5, 5.41) is 12.7. The average molecular weight is 355 g/mol. The first kappa shape index (κ1) is 13.8. The van der Waals surface area contributed by atoms with E-state index in [-0.39, 0.29) is 6.10 Å². The zero-order valence-corrected chi connectivity index (χ0v) is 14.3. The van der Waals surface area contributed by atoms with Crippen LogP contribution in [0.4, 0.5) is 0 Å². The minimum Gasteiger partial charge on any atom is -0.393 e. The first-order chi connectivity index (χ1) is 9.60. The largest absolute Gasteiger partial charge is 0.393 e. The van der Waals surface area contributed by atoms with Crippen LogP contribution in [-0.2, 0) is 6.42 Å². The van der Waals surface area contributed by atoms with Crippen molar-refractivity contribution in [2.45, 2.75) is 57.5 Å². The van der Waals surface area contributed by atoms with E-state index in [2.05, 4.69) is 27.4 Å². The van der Waals surface area contributed by atoms with Gasteiger partial charge in [-0.25, -0.2) is 0 Å². The lowest BCUT2D eigenvalue weighted by Crippen LogP contribution is -2.47. The van der Waals surface area contributed by atoms with Crippen LogP contribution in [-0.4, -0.2) is 11.2 Å². The predicted molar refractivity (Wildman–Crippen MR) is 87.0 cm³/mol. The molecule has 0 aliphatic heterocycles. The number of thiophene rings is 1. The molecule has 4 bridgehead atoms. The maximum atomic E-state index is 10.6. The van der Waals surface area contributed by atoms with Crippen molar-refractivity contribution in [1.82, 2.24) is 0 Å². The van der Waals surface area contributed by atoms with Gasteiger partial charge in [0.1, 0.15) is 0 Å². The fraction of sp³-hybridized carbons (Fsp3) is 0.765. The Morgan fingerprint density at radius 1 is 1.20 bits per heavy atom. The topological polar surface area (TPSA) is 20.2 Å². The second kappa shape index (κ2) is 5.10. The van der Waals surface area contributed by atoms with Gasteiger partial charge in [-0.3, -0.25) is 0 Å². The molecule has 4 aliphatic carbocycles. The fourth-order valence-corrected chi connectivity index (χ4v) is 7.33. The summed E-state index contributed by atoms with van der Waals surface area (Å²) in [7, 11) is 0. The highest BCUT2D eigenvalue weighted by atomic mass is 79.9. The molecule has 4 fully saturated rings. The molecule has 1 aromatic rings. The molecule has 1 N–H and O–H groups in total. The van der Waals surface area contributed by atoms with E-state index in [0.717, 1.165) is 35.1 Å². The maximum Gasteiger partial charge on any atom is 0.0593 e. The molecule has 0 saturated heterocycles. The Morgan fingerprint density at radius 2 is 1.80 bits per heavy atom. The van der Waals surface area contributed by atoms with Gasteiger partial charge in [-0.15, -0.1) is 11.3 Å². The highest BCUT2D eigenvalue weighted by Crippen LogP contribution is 2.61. The molecular weight excluding hydrogens is 332 g/mol. The Hall–Kier alpha value is 0.140. The van der Waals surface area contributed by atoms with E-state index >= 15 is 0 Å². The Kier molecular flexibility index (Phi) is 3.51. The van der Waals surface area contributed by atoms with Crippen LogP contribution in [0.2, 0.25) is 0 Å². The smallest absolute Gasteiger partial charge is 0.0593 e. The van der Waals surface area contributed by atoms with Crippen molar-refractivity contribution >= 4 is 27.3 Å². The first-order valence-electron chi connectivity index (χ1n) is 8.01. The third kappa shape index (κ3) is 2.62. The quantitative estimate of drug-likeness (QED) is 0.804. The molecule has 1 atom stereocenters. The van der Waals surface area contributed by atoms with E-state index in [0.29, 0.717) is 5.41 Å². The van der Waals surface area contributed by atoms with Crippen molar-refractivity contribution in [3.63, 3.8) is 0 Å². The molecule has 4 aliphatic rings. The minimum atomic E-state index is -0.142. The minimum absolute atomic E-state index is 0.142. The van der Waals surface area contributed by atoms with Crippen molar-refractivity contribution in [3.8, 4) is 0 Å². The Bertz CT molecular complexity index is 460. The number of hydrogen-bond donors (Lipinski definition) is 1. The Labute approximate surface area is 133 Å². The predicted octanol–water partition coefficient (Wildman–Crippen LogP) is 5.02. The van der Waals surface area contributed by atoms with E-state index in [4.69, 9.17) is 0 Å². The molecule has 5 rings (SSSR count). The van der Waals surface area contributed by atoms with Gasteiger partial charge in [-0.2, -0.15) is 0 Å². The molecule has 0 amide bonds. The van der Waals surface area contributed by atoms with Crippen molar-refractivity contribution in [2.24, 2.45) is 23.2 Å². The maximum absolute atomic E-state index is 10.6. The molecule has 0 radical (unpaired) electrons. The van der Waals surface area contributed by atoms with E-state index in [1.165, 1.54) is 43.4 Å². The monoisotopic (exact) mass is 354 g/mol. The SMILES string of the molecule is OC(Cc1cc(Br)cs1)CC12CC3CC(CC(C3)C1)C2. The van der Waals surface area contributed by atoms with Gasteiger partial charge in [-0.05, 0) is 90.1 Å². The van der Waals surface area contributed by atoms with Gasteiger partial charge in [0.15, 0.2) is 0 Å². The van der Waals surface area contributed by atoms with Gasteiger partial charge in [-0.1, -0.05) is 0 Å². The van der Waals surface area contributed by atoms with Crippen LogP contribution in [0.3, 0.4) is 0 Å². The van der Waals surface area contributed by atoms with E-state index < -0.39 is 0 Å². The first-order valence-corrected chi connectivity index (χ1v) is 9.68. The Morgan fingerprint density at radius 3 is 2.30 bits per heavy atom. The molecule has 0 spiro atoms. The molecule has 20 heavy (non-hydrogen) atoms. The second-order valence-electron chi connectivity index (χ2n) is 7.71. The van der Waals surface area contributed by atoms with Crippen LogP contribution in [0.25, 0.3) is 0 Å². The summed E-state index contributed by atoms with van der Waals surface area (Å²) in [6.07, 6.45) is 10.5. The summed E-state index contributed by atoms with van der Waals surface area (Å²) in [5.74, 6) is 2.97. The zero-order chi connectivity index (χ0) is 13.7. The molecule has 0 aromatic carbocycles. The van der Waals surface area contributed by atoms with Crippen molar-refractivity contribution < 1.29 is 5.11 Å². The highest BCUT2D eigenvalue weighted by molar-refractivity contribution is 9.10. The van der Waals surface area contributed by atoms with Crippen molar-refractivity contribution in [3.05, 3.63) is 20.8 Å². The highest BCUT2D eigenvalue weighted by Gasteiger charge is 2.51. The van der Waals surface area contributed by atoms with Gasteiger partial charge < -0.3 is 5.11 Å². The van der Waals surface area contributed by atoms with E-state index in [9.17, 15) is 5.11 Å². The van der Waals surface area contributed by atoms with Gasteiger partial charge in [0.2, 0.25) is 0 Å². The number of rotatable bonds is 4. The summed E-state index contributed by atoms with van der Waals surface area (Å²) in [4.78, 5) is 1.31. The summed E-state index contributed by atoms with van der Waals surface area (Å²) in [6.45, 7) is 0. The van der Waals surface area contributed by atoms with Crippen LogP contribution < -0.4 is 0 Å². The molecular formula is C17H23BrOS. The van der Waals surface area contributed by atoms with Gasteiger partial charge in [0.05, 0.1) is 6.10 Å². The van der Waals surface area contributed by atoms with Crippen LogP contribution in [0.15, 0.2) is 15.9 Å². The number of halogens is 1. The average Bonchev–Trinajstić information content (AvgIpc) is 2.71. The number of aliphatic hydroxyl groups is 1. The van der Waals surface area contributed by atoms with Gasteiger partial charge >= 0.3 is 0 Å². The molecule has 3 heteroatoms. The molecule has 1 heterocycles. The van der Waals surface area contributed by atoms with Crippen molar-refractivity contribution in [2.75, 3.05) is 0 Å². The van der Waals surface area contributed by atoms with Crippen molar-refractivity contribution in [1.29, 1.82) is 0 Å². The standard InChI is InChI=1S/C17H23BrOS/c18-14-4-16(20-10-14)5-15(19)9-17-6-11-1-12(7-17)3-13(2-11)8-17/h4,10-13,15,19H,1-3,5-9H2.